The van der Waals surface area contributed by atoms with E-state index < -0.39 is 0 Å². The molecule has 2 rings (SSSR count). The van der Waals surface area contributed by atoms with Crippen LogP contribution >= 0.6 is 0 Å². The van der Waals surface area contributed by atoms with Crippen molar-refractivity contribution in [3.63, 3.8) is 0 Å². The molecule has 112 valence electrons. The van der Waals surface area contributed by atoms with Crippen molar-refractivity contribution < 1.29 is 4.74 Å². The minimum Gasteiger partial charge on any atom is -0.494 e. The SMILES string of the molecule is CCOc1ccc(C(C)N[C@@H](C)c2ccc(C)cc2)cc1. The highest BCUT2D eigenvalue weighted by Gasteiger charge is 2.11. The molecule has 2 atom stereocenters. The van der Waals surface area contributed by atoms with E-state index in [1.807, 2.05) is 19.1 Å². The molecule has 21 heavy (non-hydrogen) atoms. The summed E-state index contributed by atoms with van der Waals surface area (Å²) >= 11 is 0. The molecule has 2 aromatic carbocycles. The summed E-state index contributed by atoms with van der Waals surface area (Å²) in [5.41, 5.74) is 3.89. The maximum Gasteiger partial charge on any atom is 0.119 e. The largest absolute Gasteiger partial charge is 0.494 e. The lowest BCUT2D eigenvalue weighted by Gasteiger charge is -2.21. The second-order valence-corrected chi connectivity index (χ2v) is 5.52. The minimum absolute atomic E-state index is 0.303. The van der Waals surface area contributed by atoms with Crippen LogP contribution in [0.5, 0.6) is 5.75 Å². The topological polar surface area (TPSA) is 21.3 Å². The Morgan fingerprint density at radius 1 is 0.857 bits per heavy atom. The van der Waals surface area contributed by atoms with E-state index in [0.717, 1.165) is 5.75 Å². The summed E-state index contributed by atoms with van der Waals surface area (Å²) in [6, 6.07) is 17.7. The van der Waals surface area contributed by atoms with Crippen LogP contribution in [0.3, 0.4) is 0 Å². The molecule has 2 nitrogen and oxygen atoms in total. The lowest BCUT2D eigenvalue weighted by molar-refractivity contribution is 0.340. The standard InChI is InChI=1S/C19H25NO/c1-5-21-19-12-10-18(11-13-19)16(4)20-15(3)17-8-6-14(2)7-9-17/h6-13,15-16,20H,5H2,1-4H3/t15-,16?/m0/s1. The number of nitrogens with one attached hydrogen (secondary N) is 1. The Hall–Kier alpha value is -1.80. The van der Waals surface area contributed by atoms with Crippen molar-refractivity contribution in [2.75, 3.05) is 6.61 Å². The van der Waals surface area contributed by atoms with Gasteiger partial charge in [0.25, 0.3) is 0 Å². The first kappa shape index (κ1) is 15.6. The molecule has 1 unspecified atom stereocenters. The highest BCUT2D eigenvalue weighted by atomic mass is 16.5. The van der Waals surface area contributed by atoms with E-state index in [4.69, 9.17) is 4.74 Å². The van der Waals surface area contributed by atoms with Crippen LogP contribution in [0.2, 0.25) is 0 Å². The molecule has 0 aromatic heterocycles. The fourth-order valence-corrected chi connectivity index (χ4v) is 2.44. The van der Waals surface area contributed by atoms with Gasteiger partial charge in [0.1, 0.15) is 5.75 Å². The van der Waals surface area contributed by atoms with Gasteiger partial charge in [-0.1, -0.05) is 42.0 Å². The average Bonchev–Trinajstić information content (AvgIpc) is 2.49. The third-order valence-electron chi connectivity index (χ3n) is 3.77. The normalized spacial score (nSPS) is 13.7. The van der Waals surface area contributed by atoms with E-state index in [1.54, 1.807) is 0 Å². The molecule has 0 bridgehead atoms. The zero-order valence-corrected chi connectivity index (χ0v) is 13.4. The molecule has 0 radical (unpaired) electrons. The van der Waals surface area contributed by atoms with E-state index in [2.05, 4.69) is 62.5 Å². The molecular formula is C19H25NO. The van der Waals surface area contributed by atoms with Crippen molar-refractivity contribution in [1.29, 1.82) is 0 Å². The molecule has 2 aromatic rings. The van der Waals surface area contributed by atoms with Crippen molar-refractivity contribution in [3.05, 3.63) is 65.2 Å². The monoisotopic (exact) mass is 283 g/mol. The minimum atomic E-state index is 0.303. The van der Waals surface area contributed by atoms with Crippen LogP contribution in [-0.4, -0.2) is 6.61 Å². The van der Waals surface area contributed by atoms with Gasteiger partial charge in [0.05, 0.1) is 6.61 Å². The van der Waals surface area contributed by atoms with Crippen LogP contribution in [0.1, 0.15) is 49.5 Å². The second-order valence-electron chi connectivity index (χ2n) is 5.52. The number of aryl methyl sites for hydroxylation is 1. The Morgan fingerprint density at radius 3 is 1.81 bits per heavy atom. The van der Waals surface area contributed by atoms with Gasteiger partial charge in [0.2, 0.25) is 0 Å². The van der Waals surface area contributed by atoms with Crippen molar-refractivity contribution in [3.8, 4) is 5.75 Å². The van der Waals surface area contributed by atoms with Gasteiger partial charge in [-0.3, -0.25) is 0 Å². The summed E-state index contributed by atoms with van der Waals surface area (Å²) in [5.74, 6) is 0.931. The lowest BCUT2D eigenvalue weighted by atomic mass is 10.0. The fourth-order valence-electron chi connectivity index (χ4n) is 2.44. The van der Waals surface area contributed by atoms with Gasteiger partial charge in [-0.05, 0) is 51.0 Å². The third-order valence-corrected chi connectivity index (χ3v) is 3.77. The van der Waals surface area contributed by atoms with E-state index in [0.29, 0.717) is 18.7 Å². The van der Waals surface area contributed by atoms with Gasteiger partial charge >= 0.3 is 0 Å². The van der Waals surface area contributed by atoms with Gasteiger partial charge in [0.15, 0.2) is 0 Å². The molecule has 0 heterocycles. The maximum atomic E-state index is 5.48. The number of hydrogen-bond donors (Lipinski definition) is 1. The first-order chi connectivity index (χ1) is 10.1. The first-order valence-electron chi connectivity index (χ1n) is 7.65. The van der Waals surface area contributed by atoms with E-state index >= 15 is 0 Å². The molecule has 0 amide bonds. The Balaban J connectivity index is 1.99. The van der Waals surface area contributed by atoms with Gasteiger partial charge in [0, 0.05) is 12.1 Å². The Labute approximate surface area is 128 Å². The van der Waals surface area contributed by atoms with Gasteiger partial charge in [-0.2, -0.15) is 0 Å². The van der Waals surface area contributed by atoms with Crippen LogP contribution in [0.15, 0.2) is 48.5 Å². The molecule has 1 N–H and O–H groups in total. The van der Waals surface area contributed by atoms with Gasteiger partial charge in [-0.15, -0.1) is 0 Å². The predicted molar refractivity (Wildman–Crippen MR) is 88.8 cm³/mol. The summed E-state index contributed by atoms with van der Waals surface area (Å²) in [6.07, 6.45) is 0. The fraction of sp³-hybridized carbons (Fsp3) is 0.368. The first-order valence-corrected chi connectivity index (χ1v) is 7.65. The Bertz CT molecular complexity index is 545. The zero-order chi connectivity index (χ0) is 15.2. The maximum absolute atomic E-state index is 5.48. The van der Waals surface area contributed by atoms with Crippen LogP contribution in [0.4, 0.5) is 0 Å². The van der Waals surface area contributed by atoms with E-state index in [9.17, 15) is 0 Å². The highest BCUT2D eigenvalue weighted by molar-refractivity contribution is 5.29. The van der Waals surface area contributed by atoms with E-state index in [1.165, 1.54) is 16.7 Å². The molecule has 0 aliphatic carbocycles. The van der Waals surface area contributed by atoms with Crippen molar-refractivity contribution in [2.24, 2.45) is 0 Å². The van der Waals surface area contributed by atoms with Gasteiger partial charge < -0.3 is 10.1 Å². The molecule has 2 heteroatoms. The van der Waals surface area contributed by atoms with Crippen LogP contribution < -0.4 is 10.1 Å². The Kier molecular flexibility index (Phi) is 5.40. The van der Waals surface area contributed by atoms with Crippen LogP contribution in [0, 0.1) is 6.92 Å². The molecular weight excluding hydrogens is 258 g/mol. The molecule has 0 aliphatic rings. The van der Waals surface area contributed by atoms with Crippen molar-refractivity contribution in [2.45, 2.75) is 39.8 Å². The molecule has 0 saturated heterocycles. The molecule has 0 spiro atoms. The number of benzene rings is 2. The van der Waals surface area contributed by atoms with Gasteiger partial charge in [-0.25, -0.2) is 0 Å². The summed E-state index contributed by atoms with van der Waals surface area (Å²) in [6.45, 7) is 9.22. The number of hydrogen-bond acceptors (Lipinski definition) is 2. The summed E-state index contributed by atoms with van der Waals surface area (Å²) < 4.78 is 5.48. The summed E-state index contributed by atoms with van der Waals surface area (Å²) in [5, 5.41) is 3.64. The second kappa shape index (κ2) is 7.28. The quantitative estimate of drug-likeness (QED) is 0.821. The average molecular weight is 283 g/mol. The van der Waals surface area contributed by atoms with Crippen LogP contribution in [0.25, 0.3) is 0 Å². The zero-order valence-electron chi connectivity index (χ0n) is 13.4. The molecule has 0 saturated carbocycles. The highest BCUT2D eigenvalue weighted by Crippen LogP contribution is 2.21. The summed E-state index contributed by atoms with van der Waals surface area (Å²) in [7, 11) is 0. The number of rotatable bonds is 6. The molecule has 0 fully saturated rings. The summed E-state index contributed by atoms with van der Waals surface area (Å²) in [4.78, 5) is 0. The van der Waals surface area contributed by atoms with E-state index in [-0.39, 0.29) is 0 Å². The third kappa shape index (κ3) is 4.33. The van der Waals surface area contributed by atoms with Crippen molar-refractivity contribution >= 4 is 0 Å². The van der Waals surface area contributed by atoms with Crippen molar-refractivity contribution in [1.82, 2.24) is 5.32 Å². The van der Waals surface area contributed by atoms with Crippen LogP contribution in [-0.2, 0) is 0 Å². The number of ether oxygens (including phenoxy) is 1. The smallest absolute Gasteiger partial charge is 0.119 e. The predicted octanol–water partition coefficient (Wildman–Crippen LogP) is 4.81. The molecule has 0 aliphatic heterocycles. The Morgan fingerprint density at radius 2 is 1.33 bits per heavy atom. The lowest BCUT2D eigenvalue weighted by Crippen LogP contribution is -2.22.